The molecule has 1 aromatic rings. The van der Waals surface area contributed by atoms with Crippen LogP contribution >= 0.6 is 0 Å². The van der Waals surface area contributed by atoms with Gasteiger partial charge in [0.2, 0.25) is 0 Å². The second kappa shape index (κ2) is 4.56. The summed E-state index contributed by atoms with van der Waals surface area (Å²) < 4.78 is 2.56. The van der Waals surface area contributed by atoms with Gasteiger partial charge in [0, 0.05) is 6.54 Å². The Bertz CT molecular complexity index is 318. The lowest BCUT2D eigenvalue weighted by Crippen LogP contribution is -2.35. The van der Waals surface area contributed by atoms with Gasteiger partial charge in [-0.25, -0.2) is 0 Å². The summed E-state index contributed by atoms with van der Waals surface area (Å²) in [4.78, 5) is 0. The number of benzene rings is 1. The van der Waals surface area contributed by atoms with Crippen molar-refractivity contribution >= 4 is 14.2 Å². The first-order valence-corrected chi connectivity index (χ1v) is 7.06. The number of hydrogen-bond acceptors (Lipinski definition) is 1. The first-order valence-electron chi connectivity index (χ1n) is 5.33. The molecule has 0 aromatic heterocycles. The molecule has 74 valence electrons. The fourth-order valence-corrected chi connectivity index (χ4v) is 4.29. The monoisotopic (exact) mass is 203 g/mol. The average Bonchev–Trinajstić information content (AvgIpc) is 2.23. The zero-order valence-corrected chi connectivity index (χ0v) is 9.74. The van der Waals surface area contributed by atoms with E-state index in [-0.39, 0.29) is 8.57 Å². The lowest BCUT2D eigenvalue weighted by Gasteiger charge is -2.26. The van der Waals surface area contributed by atoms with Gasteiger partial charge in [-0.3, -0.25) is 0 Å². The van der Waals surface area contributed by atoms with Crippen LogP contribution in [0.1, 0.15) is 18.4 Å². The molecule has 1 heterocycles. The Kier molecular flexibility index (Phi) is 3.14. The van der Waals surface area contributed by atoms with Crippen LogP contribution in [0.25, 0.3) is 0 Å². The lowest BCUT2D eigenvalue weighted by molar-refractivity contribution is 0.476. The first-order chi connectivity index (χ1) is 6.86. The largest absolute Gasteiger partial charge is 0.410 e. The summed E-state index contributed by atoms with van der Waals surface area (Å²) in [6, 6.07) is 12.2. The summed E-state index contributed by atoms with van der Waals surface area (Å²) in [5.74, 6) is 0. The van der Waals surface area contributed by atoms with Crippen molar-refractivity contribution in [3.63, 3.8) is 0 Å². The Morgan fingerprint density at radius 1 is 1.21 bits per heavy atom. The van der Waals surface area contributed by atoms with Gasteiger partial charge in [-0.15, -0.1) is 0 Å². The minimum absolute atomic E-state index is 0.370. The lowest BCUT2D eigenvalue weighted by atomic mass is 10.2. The van der Waals surface area contributed by atoms with Crippen LogP contribution in [-0.4, -0.2) is 32.4 Å². The van der Waals surface area contributed by atoms with E-state index in [1.54, 1.807) is 0 Å². The predicted octanol–water partition coefficient (Wildman–Crippen LogP) is 2.14. The summed E-state index contributed by atoms with van der Waals surface area (Å²) in [6.07, 6.45) is 2.80. The van der Waals surface area contributed by atoms with Crippen molar-refractivity contribution < 1.29 is 0 Å². The molecular formula is C12H17NSi. The molecule has 0 bridgehead atoms. The van der Waals surface area contributed by atoms with E-state index < -0.39 is 0 Å². The summed E-state index contributed by atoms with van der Waals surface area (Å²) in [7, 11) is 1.90. The van der Waals surface area contributed by atoms with E-state index in [2.05, 4.69) is 47.6 Å². The highest BCUT2D eigenvalue weighted by Crippen LogP contribution is 2.09. The number of rotatable bonds is 1. The molecule has 0 spiro atoms. The van der Waals surface area contributed by atoms with Crippen LogP contribution in [0, 0.1) is 0 Å². The van der Waals surface area contributed by atoms with Crippen LogP contribution in [0.15, 0.2) is 30.3 Å². The van der Waals surface area contributed by atoms with Crippen LogP contribution < -0.4 is 0 Å². The smallest absolute Gasteiger partial charge is 0.125 e. The molecule has 0 atom stereocenters. The molecule has 0 amide bonds. The molecule has 1 aromatic carbocycles. The maximum absolute atomic E-state index is 2.56. The van der Waals surface area contributed by atoms with Crippen molar-refractivity contribution in [2.75, 3.05) is 13.6 Å². The number of hydrogen-bond donors (Lipinski definition) is 0. The molecule has 1 aliphatic rings. The van der Waals surface area contributed by atoms with Crippen molar-refractivity contribution in [1.29, 1.82) is 0 Å². The normalized spacial score (nSPS) is 20.1. The minimum Gasteiger partial charge on any atom is -0.410 e. The minimum atomic E-state index is -0.370. The van der Waals surface area contributed by atoms with Gasteiger partial charge in [-0.1, -0.05) is 36.0 Å². The maximum atomic E-state index is 2.56. The molecule has 2 rings (SSSR count). The highest BCUT2D eigenvalue weighted by atomic mass is 28.2. The maximum Gasteiger partial charge on any atom is 0.125 e. The van der Waals surface area contributed by atoms with Gasteiger partial charge in [-0.2, -0.15) is 0 Å². The van der Waals surface area contributed by atoms with E-state index in [1.807, 2.05) is 0 Å². The van der Waals surface area contributed by atoms with Crippen LogP contribution in [0.4, 0.5) is 0 Å². The van der Waals surface area contributed by atoms with Gasteiger partial charge in [0.1, 0.15) is 8.57 Å². The van der Waals surface area contributed by atoms with Gasteiger partial charge in [-0.05, 0) is 31.5 Å². The van der Waals surface area contributed by atoms with Gasteiger partial charge < -0.3 is 4.57 Å². The average molecular weight is 203 g/mol. The van der Waals surface area contributed by atoms with Crippen LogP contribution in [0.5, 0.6) is 0 Å². The predicted molar refractivity (Wildman–Crippen MR) is 64.0 cm³/mol. The molecule has 0 saturated carbocycles. The third-order valence-corrected chi connectivity index (χ3v) is 5.54. The molecule has 2 heteroatoms. The highest BCUT2D eigenvalue weighted by molar-refractivity contribution is 6.65. The van der Waals surface area contributed by atoms with E-state index in [0.29, 0.717) is 0 Å². The molecule has 1 nitrogen and oxygen atoms in total. The van der Waals surface area contributed by atoms with Crippen molar-refractivity contribution in [3.05, 3.63) is 35.9 Å². The SMILES string of the molecule is CN1CCCC/[Si]1=C/c1ccccc1. The molecule has 1 aliphatic heterocycles. The second-order valence-electron chi connectivity index (χ2n) is 3.93. The van der Waals surface area contributed by atoms with Crippen LogP contribution in [0.2, 0.25) is 6.04 Å². The Hall–Kier alpha value is -0.893. The molecular weight excluding hydrogens is 186 g/mol. The van der Waals surface area contributed by atoms with Gasteiger partial charge in [0.15, 0.2) is 0 Å². The van der Waals surface area contributed by atoms with E-state index in [9.17, 15) is 0 Å². The first kappa shape index (κ1) is 9.65. The van der Waals surface area contributed by atoms with Gasteiger partial charge >= 0.3 is 0 Å². The Morgan fingerprint density at radius 2 is 2.00 bits per heavy atom. The molecule has 0 radical (unpaired) electrons. The van der Waals surface area contributed by atoms with E-state index in [4.69, 9.17) is 0 Å². The third-order valence-electron chi connectivity index (χ3n) is 2.80. The molecule has 1 saturated heterocycles. The summed E-state index contributed by atoms with van der Waals surface area (Å²) in [5.41, 5.74) is 3.89. The molecule has 0 N–H and O–H groups in total. The van der Waals surface area contributed by atoms with Crippen molar-refractivity contribution in [2.45, 2.75) is 18.9 Å². The fraction of sp³-hybridized carbons (Fsp3) is 0.417. The molecule has 1 fully saturated rings. The molecule has 0 aliphatic carbocycles. The van der Waals surface area contributed by atoms with Crippen molar-refractivity contribution in [3.8, 4) is 0 Å². The van der Waals surface area contributed by atoms with E-state index in [1.165, 1.54) is 31.0 Å². The summed E-state index contributed by atoms with van der Waals surface area (Å²) >= 11 is 0. The fourth-order valence-electron chi connectivity index (χ4n) is 1.91. The van der Waals surface area contributed by atoms with E-state index in [0.717, 1.165) is 0 Å². The second-order valence-corrected chi connectivity index (χ2v) is 6.46. The van der Waals surface area contributed by atoms with Crippen LogP contribution in [-0.2, 0) is 0 Å². The standard InChI is InChI=1S/C12H17NSi/c1-13-9-5-6-10-14(13)11-12-7-3-2-4-8-12/h2-4,7-8,11H,5-6,9-10H2,1H3/b14-11-. The number of nitrogens with zero attached hydrogens (tertiary/aromatic N) is 1. The van der Waals surface area contributed by atoms with Crippen molar-refractivity contribution in [2.24, 2.45) is 0 Å². The topological polar surface area (TPSA) is 3.24 Å². The van der Waals surface area contributed by atoms with Gasteiger partial charge in [0.05, 0.1) is 0 Å². The third kappa shape index (κ3) is 2.32. The zero-order valence-electron chi connectivity index (χ0n) is 8.74. The quantitative estimate of drug-likeness (QED) is 0.632. The molecule has 14 heavy (non-hydrogen) atoms. The summed E-state index contributed by atoms with van der Waals surface area (Å²) in [6.45, 7) is 1.29. The Morgan fingerprint density at radius 3 is 2.71 bits per heavy atom. The Labute approximate surface area is 87.7 Å². The Balaban J connectivity index is 2.17. The highest BCUT2D eigenvalue weighted by Gasteiger charge is 2.11. The zero-order chi connectivity index (χ0) is 9.80. The van der Waals surface area contributed by atoms with Crippen molar-refractivity contribution in [1.82, 2.24) is 4.57 Å². The van der Waals surface area contributed by atoms with Crippen LogP contribution in [0.3, 0.4) is 0 Å². The summed E-state index contributed by atoms with van der Waals surface area (Å²) in [5, 5.41) is 0. The molecule has 0 unspecified atom stereocenters. The van der Waals surface area contributed by atoms with E-state index >= 15 is 0 Å². The van der Waals surface area contributed by atoms with Gasteiger partial charge in [0.25, 0.3) is 0 Å².